The molecule has 2 heterocycles. The molecule has 0 amide bonds. The second kappa shape index (κ2) is 5.40. The molecule has 100 valence electrons. The zero-order valence-corrected chi connectivity index (χ0v) is 10.9. The number of benzene rings is 1. The smallest absolute Gasteiger partial charge is 0.244 e. The Hall–Kier alpha value is -1.88. The van der Waals surface area contributed by atoms with Gasteiger partial charge in [0.25, 0.3) is 0 Å². The Labute approximate surface area is 112 Å². The van der Waals surface area contributed by atoms with E-state index in [1.807, 2.05) is 31.2 Å². The van der Waals surface area contributed by atoms with E-state index in [-0.39, 0.29) is 6.04 Å². The highest BCUT2D eigenvalue weighted by molar-refractivity contribution is 5.55. The summed E-state index contributed by atoms with van der Waals surface area (Å²) in [5, 5.41) is 7.39. The van der Waals surface area contributed by atoms with Crippen molar-refractivity contribution in [1.29, 1.82) is 0 Å². The number of ether oxygens (including phenoxy) is 1. The van der Waals surface area contributed by atoms with E-state index in [0.717, 1.165) is 30.7 Å². The first-order valence-corrected chi connectivity index (χ1v) is 6.67. The van der Waals surface area contributed by atoms with Gasteiger partial charge in [-0.1, -0.05) is 5.16 Å². The molecule has 1 aromatic carbocycles. The molecule has 1 unspecified atom stereocenters. The Morgan fingerprint density at radius 1 is 1.37 bits per heavy atom. The van der Waals surface area contributed by atoms with Gasteiger partial charge in [0.15, 0.2) is 0 Å². The predicted octanol–water partition coefficient (Wildman–Crippen LogP) is 2.56. The van der Waals surface area contributed by atoms with Crippen LogP contribution in [0.1, 0.15) is 31.7 Å². The van der Waals surface area contributed by atoms with Crippen LogP contribution in [-0.4, -0.2) is 23.3 Å². The molecule has 2 aromatic rings. The Morgan fingerprint density at radius 3 is 2.89 bits per heavy atom. The van der Waals surface area contributed by atoms with Crippen molar-refractivity contribution in [2.45, 2.75) is 25.8 Å². The Morgan fingerprint density at radius 2 is 2.21 bits per heavy atom. The molecule has 3 rings (SSSR count). The summed E-state index contributed by atoms with van der Waals surface area (Å²) >= 11 is 0. The Kier molecular flexibility index (Phi) is 3.46. The van der Waals surface area contributed by atoms with E-state index in [1.165, 1.54) is 0 Å². The number of nitrogens with one attached hydrogen (secondary N) is 1. The standard InChI is InChI=1S/C14H17N3O2/c1-2-18-11-7-5-10(6-8-11)13-16-14(19-17-13)12-4-3-9-15-12/h5-8,12,15H,2-4,9H2,1H3. The second-order valence-electron chi connectivity index (χ2n) is 4.56. The maximum absolute atomic E-state index is 5.41. The van der Waals surface area contributed by atoms with Crippen LogP contribution in [0.5, 0.6) is 5.75 Å². The first kappa shape index (κ1) is 12.2. The maximum Gasteiger partial charge on any atom is 0.244 e. The largest absolute Gasteiger partial charge is 0.494 e. The van der Waals surface area contributed by atoms with Crippen LogP contribution in [0.4, 0.5) is 0 Å². The molecule has 1 aromatic heterocycles. The summed E-state index contributed by atoms with van der Waals surface area (Å²) in [4.78, 5) is 4.46. The van der Waals surface area contributed by atoms with E-state index in [9.17, 15) is 0 Å². The molecule has 1 N–H and O–H groups in total. The van der Waals surface area contributed by atoms with Gasteiger partial charge in [0.05, 0.1) is 12.6 Å². The third kappa shape index (κ3) is 2.61. The lowest BCUT2D eigenvalue weighted by Crippen LogP contribution is -2.12. The molecule has 1 fully saturated rings. The van der Waals surface area contributed by atoms with Crippen molar-refractivity contribution in [1.82, 2.24) is 15.5 Å². The number of hydrogen-bond donors (Lipinski definition) is 1. The number of nitrogens with zero attached hydrogens (tertiary/aromatic N) is 2. The van der Waals surface area contributed by atoms with Crippen LogP contribution in [0.15, 0.2) is 28.8 Å². The van der Waals surface area contributed by atoms with Crippen LogP contribution in [0, 0.1) is 0 Å². The van der Waals surface area contributed by atoms with Gasteiger partial charge in [-0.05, 0) is 50.6 Å². The highest BCUT2D eigenvalue weighted by atomic mass is 16.5. The first-order valence-electron chi connectivity index (χ1n) is 6.67. The molecular formula is C14H17N3O2. The predicted molar refractivity (Wildman–Crippen MR) is 70.9 cm³/mol. The minimum Gasteiger partial charge on any atom is -0.494 e. The van der Waals surface area contributed by atoms with Crippen LogP contribution in [-0.2, 0) is 0 Å². The van der Waals surface area contributed by atoms with Crippen LogP contribution >= 0.6 is 0 Å². The molecule has 0 spiro atoms. The lowest BCUT2D eigenvalue weighted by molar-refractivity contribution is 0.340. The van der Waals surface area contributed by atoms with Gasteiger partial charge in [0, 0.05) is 5.56 Å². The van der Waals surface area contributed by atoms with Crippen molar-refractivity contribution in [3.8, 4) is 17.1 Å². The van der Waals surface area contributed by atoms with Crippen LogP contribution in [0.3, 0.4) is 0 Å². The van der Waals surface area contributed by atoms with Gasteiger partial charge >= 0.3 is 0 Å². The molecule has 1 saturated heterocycles. The van der Waals surface area contributed by atoms with Crippen molar-refractivity contribution in [2.24, 2.45) is 0 Å². The summed E-state index contributed by atoms with van der Waals surface area (Å²) in [6, 6.07) is 7.94. The molecule has 0 aliphatic carbocycles. The van der Waals surface area contributed by atoms with Crippen LogP contribution in [0.25, 0.3) is 11.4 Å². The lowest BCUT2D eigenvalue weighted by atomic mass is 10.2. The van der Waals surface area contributed by atoms with Crippen molar-refractivity contribution >= 4 is 0 Å². The van der Waals surface area contributed by atoms with Crippen molar-refractivity contribution in [2.75, 3.05) is 13.2 Å². The van der Waals surface area contributed by atoms with Crippen molar-refractivity contribution in [3.05, 3.63) is 30.2 Å². The van der Waals surface area contributed by atoms with Crippen molar-refractivity contribution in [3.63, 3.8) is 0 Å². The lowest BCUT2D eigenvalue weighted by Gasteiger charge is -2.02. The molecule has 1 aliphatic rings. The molecule has 0 bridgehead atoms. The van der Waals surface area contributed by atoms with Gasteiger partial charge in [-0.3, -0.25) is 0 Å². The minimum atomic E-state index is 0.212. The summed E-state index contributed by atoms with van der Waals surface area (Å²) < 4.78 is 10.7. The summed E-state index contributed by atoms with van der Waals surface area (Å²) in [5.41, 5.74) is 0.941. The fourth-order valence-electron chi connectivity index (χ4n) is 2.26. The van der Waals surface area contributed by atoms with E-state index in [4.69, 9.17) is 9.26 Å². The van der Waals surface area contributed by atoms with Crippen LogP contribution < -0.4 is 10.1 Å². The second-order valence-corrected chi connectivity index (χ2v) is 4.56. The molecule has 0 radical (unpaired) electrons. The third-order valence-corrected chi connectivity index (χ3v) is 3.22. The van der Waals surface area contributed by atoms with Gasteiger partial charge in [-0.2, -0.15) is 4.98 Å². The third-order valence-electron chi connectivity index (χ3n) is 3.22. The first-order chi connectivity index (χ1) is 9.36. The zero-order chi connectivity index (χ0) is 13.1. The average molecular weight is 259 g/mol. The van der Waals surface area contributed by atoms with Gasteiger partial charge in [-0.25, -0.2) is 0 Å². The molecule has 19 heavy (non-hydrogen) atoms. The Bertz CT molecular complexity index is 530. The van der Waals surface area contributed by atoms with Gasteiger partial charge in [-0.15, -0.1) is 0 Å². The van der Waals surface area contributed by atoms with Gasteiger partial charge in [0.2, 0.25) is 11.7 Å². The summed E-state index contributed by atoms with van der Waals surface area (Å²) in [6.07, 6.45) is 2.22. The highest BCUT2D eigenvalue weighted by Gasteiger charge is 2.22. The fraction of sp³-hybridized carbons (Fsp3) is 0.429. The monoisotopic (exact) mass is 259 g/mol. The number of hydrogen-bond acceptors (Lipinski definition) is 5. The molecule has 5 heteroatoms. The maximum atomic E-state index is 5.41. The Balaban J connectivity index is 1.77. The quantitative estimate of drug-likeness (QED) is 0.914. The zero-order valence-electron chi connectivity index (χ0n) is 10.9. The van der Waals surface area contributed by atoms with Gasteiger partial charge < -0.3 is 14.6 Å². The average Bonchev–Trinajstić information content (AvgIpc) is 3.11. The van der Waals surface area contributed by atoms with Crippen LogP contribution in [0.2, 0.25) is 0 Å². The fourth-order valence-corrected chi connectivity index (χ4v) is 2.26. The van der Waals surface area contributed by atoms with E-state index < -0.39 is 0 Å². The van der Waals surface area contributed by atoms with E-state index in [1.54, 1.807) is 0 Å². The highest BCUT2D eigenvalue weighted by Crippen LogP contribution is 2.25. The van der Waals surface area contributed by atoms with E-state index >= 15 is 0 Å². The number of aromatic nitrogens is 2. The number of rotatable bonds is 4. The molecular weight excluding hydrogens is 242 g/mol. The van der Waals surface area contributed by atoms with Gasteiger partial charge in [0.1, 0.15) is 5.75 Å². The molecule has 5 nitrogen and oxygen atoms in total. The van der Waals surface area contributed by atoms with E-state index in [0.29, 0.717) is 18.3 Å². The van der Waals surface area contributed by atoms with Crippen molar-refractivity contribution < 1.29 is 9.26 Å². The minimum absolute atomic E-state index is 0.212. The van der Waals surface area contributed by atoms with E-state index in [2.05, 4.69) is 15.5 Å². The molecule has 0 saturated carbocycles. The molecule has 1 aliphatic heterocycles. The summed E-state index contributed by atoms with van der Waals surface area (Å²) in [6.45, 7) is 3.65. The topological polar surface area (TPSA) is 60.2 Å². The summed E-state index contributed by atoms with van der Waals surface area (Å²) in [7, 11) is 0. The normalized spacial score (nSPS) is 18.7. The molecule has 1 atom stereocenters. The summed E-state index contributed by atoms with van der Waals surface area (Å²) in [5.74, 6) is 2.17. The SMILES string of the molecule is CCOc1ccc(-c2noc(C3CCCN3)n2)cc1.